The fourth-order valence-electron chi connectivity index (χ4n) is 5.04. The van der Waals surface area contributed by atoms with Crippen molar-refractivity contribution in [3.63, 3.8) is 0 Å². The maximum atomic E-state index is 2.55. The lowest BCUT2D eigenvalue weighted by Crippen LogP contribution is -2.43. The monoisotopic (exact) mass is 294 g/mol. The van der Waals surface area contributed by atoms with Gasteiger partial charge >= 0.3 is 0 Å². The van der Waals surface area contributed by atoms with Crippen molar-refractivity contribution in [3.05, 3.63) is 0 Å². The van der Waals surface area contributed by atoms with E-state index in [4.69, 9.17) is 0 Å². The van der Waals surface area contributed by atoms with Crippen LogP contribution in [0.15, 0.2) is 0 Å². The van der Waals surface area contributed by atoms with Crippen LogP contribution in [-0.4, -0.2) is 0 Å². The first kappa shape index (κ1) is 19.0. The van der Waals surface area contributed by atoms with Crippen LogP contribution < -0.4 is 0 Å². The molecule has 1 saturated carbocycles. The van der Waals surface area contributed by atoms with Crippen molar-refractivity contribution in [3.8, 4) is 0 Å². The topological polar surface area (TPSA) is 0 Å². The highest BCUT2D eigenvalue weighted by atomic mass is 14.5. The molecular weight excluding hydrogens is 252 g/mol. The SMILES string of the molecule is CC(C)C1CCCC1C(C(C)C(C)(C)C(C)C)C(C)(C)C. The Morgan fingerprint density at radius 1 is 0.762 bits per heavy atom. The Morgan fingerprint density at radius 2 is 1.24 bits per heavy atom. The molecule has 0 bridgehead atoms. The molecule has 4 unspecified atom stereocenters. The Balaban J connectivity index is 3.13. The van der Waals surface area contributed by atoms with E-state index < -0.39 is 0 Å². The third-order valence-corrected chi connectivity index (χ3v) is 7.14. The molecule has 0 saturated heterocycles. The van der Waals surface area contributed by atoms with Gasteiger partial charge in [0.15, 0.2) is 0 Å². The summed E-state index contributed by atoms with van der Waals surface area (Å²) in [6, 6.07) is 0. The molecule has 0 aliphatic heterocycles. The fourth-order valence-corrected chi connectivity index (χ4v) is 5.04. The smallest absolute Gasteiger partial charge is 0.0303 e. The van der Waals surface area contributed by atoms with Crippen LogP contribution in [0.4, 0.5) is 0 Å². The standard InChI is InChI=1S/C21H42/c1-14(2)17-12-11-13-18(17)19(20(6,7)8)16(5)21(9,10)15(3)4/h14-19H,11-13H2,1-10H3. The van der Waals surface area contributed by atoms with Gasteiger partial charge in [-0.05, 0) is 59.2 Å². The molecule has 0 N–H and O–H groups in total. The lowest BCUT2D eigenvalue weighted by atomic mass is 9.55. The molecule has 1 rings (SSSR count). The van der Waals surface area contributed by atoms with Crippen molar-refractivity contribution in [1.29, 1.82) is 0 Å². The predicted molar refractivity (Wildman–Crippen MR) is 96.4 cm³/mol. The van der Waals surface area contributed by atoms with E-state index in [-0.39, 0.29) is 0 Å². The second-order valence-corrected chi connectivity index (χ2v) is 10.2. The van der Waals surface area contributed by atoms with Gasteiger partial charge < -0.3 is 0 Å². The summed E-state index contributed by atoms with van der Waals surface area (Å²) < 4.78 is 0. The van der Waals surface area contributed by atoms with Crippen molar-refractivity contribution in [1.82, 2.24) is 0 Å². The van der Waals surface area contributed by atoms with E-state index in [0.717, 1.165) is 35.5 Å². The molecule has 0 heterocycles. The zero-order valence-electron chi connectivity index (χ0n) is 16.6. The summed E-state index contributed by atoms with van der Waals surface area (Å²) >= 11 is 0. The number of hydrogen-bond acceptors (Lipinski definition) is 0. The van der Waals surface area contributed by atoms with Gasteiger partial charge in [-0.15, -0.1) is 0 Å². The minimum Gasteiger partial charge on any atom is -0.0625 e. The van der Waals surface area contributed by atoms with E-state index in [1.807, 2.05) is 0 Å². The van der Waals surface area contributed by atoms with Gasteiger partial charge in [0.05, 0.1) is 0 Å². The third kappa shape index (κ3) is 4.05. The van der Waals surface area contributed by atoms with Gasteiger partial charge in [-0.25, -0.2) is 0 Å². The summed E-state index contributed by atoms with van der Waals surface area (Å²) in [5.41, 5.74) is 0.829. The summed E-state index contributed by atoms with van der Waals surface area (Å²) in [6.45, 7) is 24.7. The van der Waals surface area contributed by atoms with Crippen molar-refractivity contribution >= 4 is 0 Å². The molecule has 1 aliphatic carbocycles. The van der Waals surface area contributed by atoms with E-state index in [0.29, 0.717) is 10.8 Å². The predicted octanol–water partition coefficient (Wildman–Crippen LogP) is 7.04. The van der Waals surface area contributed by atoms with Crippen LogP contribution in [0.2, 0.25) is 0 Å². The molecule has 0 aromatic carbocycles. The molecule has 0 heteroatoms. The normalized spacial score (nSPS) is 27.4. The zero-order valence-corrected chi connectivity index (χ0v) is 16.6. The maximum absolute atomic E-state index is 2.55. The summed E-state index contributed by atoms with van der Waals surface area (Å²) in [4.78, 5) is 0. The Morgan fingerprint density at radius 3 is 1.62 bits per heavy atom. The first-order valence-corrected chi connectivity index (χ1v) is 9.40. The van der Waals surface area contributed by atoms with Crippen LogP contribution in [0, 0.1) is 46.3 Å². The van der Waals surface area contributed by atoms with Gasteiger partial charge in [0.2, 0.25) is 0 Å². The highest BCUT2D eigenvalue weighted by molar-refractivity contribution is 4.96. The van der Waals surface area contributed by atoms with E-state index in [1.54, 1.807) is 0 Å². The Kier molecular flexibility index (Phi) is 6.01. The van der Waals surface area contributed by atoms with E-state index in [1.165, 1.54) is 19.3 Å². The number of rotatable bonds is 5. The molecule has 0 aromatic rings. The van der Waals surface area contributed by atoms with E-state index in [2.05, 4.69) is 69.2 Å². The average Bonchev–Trinajstić information content (AvgIpc) is 2.75. The molecule has 0 spiro atoms. The quantitative estimate of drug-likeness (QED) is 0.510. The highest BCUT2D eigenvalue weighted by Gasteiger charge is 2.47. The van der Waals surface area contributed by atoms with Gasteiger partial charge in [0.25, 0.3) is 0 Å². The number of hydrogen-bond donors (Lipinski definition) is 0. The van der Waals surface area contributed by atoms with Crippen LogP contribution in [0.25, 0.3) is 0 Å². The van der Waals surface area contributed by atoms with Crippen molar-refractivity contribution < 1.29 is 0 Å². The summed E-state index contributed by atoms with van der Waals surface area (Å²) in [5, 5.41) is 0. The Labute approximate surface area is 135 Å². The average molecular weight is 295 g/mol. The molecule has 4 atom stereocenters. The second kappa shape index (κ2) is 6.63. The first-order valence-electron chi connectivity index (χ1n) is 9.40. The van der Waals surface area contributed by atoms with Crippen LogP contribution in [-0.2, 0) is 0 Å². The molecule has 1 fully saturated rings. The molecule has 0 radical (unpaired) electrons. The molecule has 0 nitrogen and oxygen atoms in total. The minimum atomic E-state index is 0.410. The van der Waals surface area contributed by atoms with Gasteiger partial charge in [0.1, 0.15) is 0 Å². The van der Waals surface area contributed by atoms with Gasteiger partial charge in [-0.3, -0.25) is 0 Å². The van der Waals surface area contributed by atoms with Crippen molar-refractivity contribution in [2.75, 3.05) is 0 Å². The molecule has 1 aliphatic rings. The molecule has 126 valence electrons. The second-order valence-electron chi connectivity index (χ2n) is 10.2. The zero-order chi connectivity index (χ0) is 16.6. The summed E-state index contributed by atoms with van der Waals surface area (Å²) in [5.74, 6) is 5.08. The van der Waals surface area contributed by atoms with Crippen LogP contribution in [0.3, 0.4) is 0 Å². The van der Waals surface area contributed by atoms with Crippen LogP contribution in [0.5, 0.6) is 0 Å². The lowest BCUT2D eigenvalue weighted by molar-refractivity contribution is -0.0134. The van der Waals surface area contributed by atoms with Gasteiger partial charge in [-0.1, -0.05) is 75.7 Å². The van der Waals surface area contributed by atoms with Crippen molar-refractivity contribution in [2.24, 2.45) is 46.3 Å². The van der Waals surface area contributed by atoms with E-state index in [9.17, 15) is 0 Å². The Bertz CT molecular complexity index is 313. The summed E-state index contributed by atoms with van der Waals surface area (Å²) in [7, 11) is 0. The van der Waals surface area contributed by atoms with Gasteiger partial charge in [-0.2, -0.15) is 0 Å². The molecule has 21 heavy (non-hydrogen) atoms. The van der Waals surface area contributed by atoms with Crippen LogP contribution in [0.1, 0.15) is 88.5 Å². The van der Waals surface area contributed by atoms with Gasteiger partial charge in [0, 0.05) is 0 Å². The summed E-state index contributed by atoms with van der Waals surface area (Å²) in [6.07, 6.45) is 4.38. The fraction of sp³-hybridized carbons (Fsp3) is 1.00. The lowest BCUT2D eigenvalue weighted by Gasteiger charge is -2.50. The minimum absolute atomic E-state index is 0.410. The largest absolute Gasteiger partial charge is 0.0625 e. The Hall–Kier alpha value is 0. The maximum Gasteiger partial charge on any atom is -0.0303 e. The van der Waals surface area contributed by atoms with Crippen LogP contribution >= 0.6 is 0 Å². The highest BCUT2D eigenvalue weighted by Crippen LogP contribution is 2.54. The molecule has 0 amide bonds. The third-order valence-electron chi connectivity index (χ3n) is 7.14. The molecule has 0 aromatic heterocycles. The molecular formula is C21H42. The first-order chi connectivity index (χ1) is 9.40. The van der Waals surface area contributed by atoms with Crippen molar-refractivity contribution in [2.45, 2.75) is 88.5 Å². The van der Waals surface area contributed by atoms with E-state index >= 15 is 0 Å².